The number of allylic oxidation sites excluding steroid dienone is 1. The highest BCUT2D eigenvalue weighted by Gasteiger charge is 2.26. The Morgan fingerprint density at radius 3 is 2.23 bits per heavy atom. The predicted octanol–water partition coefficient (Wildman–Crippen LogP) is 2.89. The lowest BCUT2D eigenvalue weighted by Crippen LogP contribution is -2.18. The summed E-state index contributed by atoms with van der Waals surface area (Å²) in [7, 11) is 0. The van der Waals surface area contributed by atoms with Crippen LogP contribution < -0.4 is 0 Å². The average Bonchev–Trinajstić information content (AvgIpc) is 2.03. The lowest BCUT2D eigenvalue weighted by atomic mass is 9.75. The van der Waals surface area contributed by atoms with Gasteiger partial charge in [-0.25, -0.2) is 4.79 Å². The van der Waals surface area contributed by atoms with Crippen LogP contribution in [0.4, 0.5) is 4.39 Å². The number of carbonyl (C=O) groups is 1. The van der Waals surface area contributed by atoms with E-state index in [0.717, 1.165) is 12.8 Å². The van der Waals surface area contributed by atoms with E-state index in [1.807, 2.05) is 0 Å². The molecule has 0 bridgehead atoms. The van der Waals surface area contributed by atoms with Crippen molar-refractivity contribution in [2.75, 3.05) is 0 Å². The number of aliphatic carboxylic acids is 1. The molecule has 0 radical (unpaired) electrons. The maximum absolute atomic E-state index is 12.9. The van der Waals surface area contributed by atoms with Crippen molar-refractivity contribution < 1.29 is 14.3 Å². The van der Waals surface area contributed by atoms with E-state index in [1.54, 1.807) is 0 Å². The number of carboxylic acids is 1. The van der Waals surface area contributed by atoms with Crippen molar-refractivity contribution in [1.82, 2.24) is 0 Å². The van der Waals surface area contributed by atoms with Crippen LogP contribution in [0.3, 0.4) is 0 Å². The Labute approximate surface area is 77.4 Å². The monoisotopic (exact) mass is 186 g/mol. The zero-order valence-electron chi connectivity index (χ0n) is 8.06. The molecule has 2 nitrogen and oxygen atoms in total. The summed E-state index contributed by atoms with van der Waals surface area (Å²) in [5.74, 6) is -2.36. The summed E-state index contributed by atoms with van der Waals surface area (Å²) in [5, 5.41) is 8.43. The maximum Gasteiger partial charge on any atom is 0.364 e. The highest BCUT2D eigenvalue weighted by Crippen LogP contribution is 2.38. The molecule has 1 aliphatic rings. The second-order valence-corrected chi connectivity index (χ2v) is 4.39. The molecule has 1 aliphatic carbocycles. The number of hydrogen-bond acceptors (Lipinski definition) is 1. The lowest BCUT2D eigenvalue weighted by molar-refractivity contribution is -0.134. The average molecular weight is 186 g/mol. The second kappa shape index (κ2) is 3.48. The smallest absolute Gasteiger partial charge is 0.364 e. The van der Waals surface area contributed by atoms with Gasteiger partial charge in [0.1, 0.15) is 0 Å². The van der Waals surface area contributed by atoms with Crippen LogP contribution in [0.2, 0.25) is 0 Å². The van der Waals surface area contributed by atoms with E-state index >= 15 is 0 Å². The summed E-state index contributed by atoms with van der Waals surface area (Å²) < 4.78 is 12.9. The van der Waals surface area contributed by atoms with Crippen molar-refractivity contribution in [3.8, 4) is 0 Å². The minimum absolute atomic E-state index is 0.238. The van der Waals surface area contributed by atoms with Gasteiger partial charge in [-0.05, 0) is 36.7 Å². The van der Waals surface area contributed by atoms with Crippen LogP contribution in [-0.2, 0) is 4.79 Å². The second-order valence-electron chi connectivity index (χ2n) is 4.39. The van der Waals surface area contributed by atoms with Crippen molar-refractivity contribution in [3.63, 3.8) is 0 Å². The van der Waals surface area contributed by atoms with Crippen LogP contribution in [0.1, 0.15) is 39.5 Å². The van der Waals surface area contributed by atoms with Crippen molar-refractivity contribution >= 4 is 5.97 Å². The van der Waals surface area contributed by atoms with Gasteiger partial charge in [0.15, 0.2) is 0 Å². The first-order chi connectivity index (χ1) is 5.92. The van der Waals surface area contributed by atoms with E-state index in [1.165, 1.54) is 0 Å². The molecule has 0 saturated heterocycles. The molecule has 0 spiro atoms. The molecule has 0 atom stereocenters. The van der Waals surface area contributed by atoms with Gasteiger partial charge in [0, 0.05) is 0 Å². The Hall–Kier alpha value is -0.860. The van der Waals surface area contributed by atoms with E-state index in [9.17, 15) is 9.18 Å². The molecule has 0 heterocycles. The molecule has 13 heavy (non-hydrogen) atoms. The Balaban J connectivity index is 2.69. The molecule has 1 saturated carbocycles. The highest BCUT2D eigenvalue weighted by molar-refractivity contribution is 5.84. The van der Waals surface area contributed by atoms with Gasteiger partial charge in [-0.3, -0.25) is 0 Å². The fourth-order valence-electron chi connectivity index (χ4n) is 1.60. The standard InChI is InChI=1S/C10H15FO2/c1-10(2)5-3-7(4-6-10)8(11)9(12)13/h3-6H2,1-2H3,(H,12,13). The van der Waals surface area contributed by atoms with Crippen LogP contribution in [0.25, 0.3) is 0 Å². The van der Waals surface area contributed by atoms with Gasteiger partial charge in [-0.2, -0.15) is 4.39 Å². The van der Waals surface area contributed by atoms with E-state index in [4.69, 9.17) is 5.11 Å². The van der Waals surface area contributed by atoms with E-state index in [-0.39, 0.29) is 5.41 Å². The maximum atomic E-state index is 12.9. The Morgan fingerprint density at radius 2 is 1.85 bits per heavy atom. The summed E-state index contributed by atoms with van der Waals surface area (Å²) in [4.78, 5) is 10.3. The van der Waals surface area contributed by atoms with E-state index < -0.39 is 11.8 Å². The molecule has 1 rings (SSSR count). The number of rotatable bonds is 1. The van der Waals surface area contributed by atoms with Gasteiger partial charge >= 0.3 is 5.97 Å². The van der Waals surface area contributed by atoms with Crippen LogP contribution in [0, 0.1) is 5.41 Å². The third-order valence-electron chi connectivity index (χ3n) is 2.71. The first-order valence-corrected chi connectivity index (χ1v) is 4.53. The minimum Gasteiger partial charge on any atom is -0.476 e. The summed E-state index contributed by atoms with van der Waals surface area (Å²) in [6.07, 6.45) is 2.93. The molecule has 0 aromatic carbocycles. The number of hydrogen-bond donors (Lipinski definition) is 1. The molecule has 1 fully saturated rings. The van der Waals surface area contributed by atoms with Crippen molar-refractivity contribution in [2.45, 2.75) is 39.5 Å². The Kier molecular flexibility index (Phi) is 2.74. The summed E-state index contributed by atoms with van der Waals surface area (Å²) >= 11 is 0. The van der Waals surface area contributed by atoms with Gasteiger partial charge in [-0.1, -0.05) is 13.8 Å². The van der Waals surface area contributed by atoms with Crippen LogP contribution >= 0.6 is 0 Å². The third kappa shape index (κ3) is 2.54. The Morgan fingerprint density at radius 1 is 1.38 bits per heavy atom. The molecule has 0 aromatic rings. The molecular weight excluding hydrogens is 171 g/mol. The zero-order valence-corrected chi connectivity index (χ0v) is 8.06. The molecule has 0 aliphatic heterocycles. The molecule has 0 amide bonds. The van der Waals surface area contributed by atoms with Crippen molar-refractivity contribution in [1.29, 1.82) is 0 Å². The highest BCUT2D eigenvalue weighted by atomic mass is 19.1. The van der Waals surface area contributed by atoms with Gasteiger partial charge in [0.2, 0.25) is 5.83 Å². The fourth-order valence-corrected chi connectivity index (χ4v) is 1.60. The fraction of sp³-hybridized carbons (Fsp3) is 0.700. The van der Waals surface area contributed by atoms with Gasteiger partial charge in [-0.15, -0.1) is 0 Å². The van der Waals surface area contributed by atoms with Crippen molar-refractivity contribution in [2.24, 2.45) is 5.41 Å². The largest absolute Gasteiger partial charge is 0.476 e. The van der Waals surface area contributed by atoms with Crippen LogP contribution in [0.15, 0.2) is 11.4 Å². The van der Waals surface area contributed by atoms with E-state index in [2.05, 4.69) is 13.8 Å². The summed E-state index contributed by atoms with van der Waals surface area (Å²) in [6, 6.07) is 0. The van der Waals surface area contributed by atoms with Crippen LogP contribution in [0.5, 0.6) is 0 Å². The van der Waals surface area contributed by atoms with Crippen LogP contribution in [-0.4, -0.2) is 11.1 Å². The number of carboxylic acid groups (broad SMARTS) is 1. The summed E-state index contributed by atoms with van der Waals surface area (Å²) in [5.41, 5.74) is 0.717. The molecule has 3 heteroatoms. The quantitative estimate of drug-likeness (QED) is 0.639. The molecule has 1 N–H and O–H groups in total. The summed E-state index contributed by atoms with van der Waals surface area (Å²) in [6.45, 7) is 4.25. The van der Waals surface area contributed by atoms with Gasteiger partial charge in [0.25, 0.3) is 0 Å². The lowest BCUT2D eigenvalue weighted by Gasteiger charge is -2.30. The Bertz CT molecular complexity index is 242. The van der Waals surface area contributed by atoms with E-state index in [0.29, 0.717) is 18.4 Å². The molecule has 0 unspecified atom stereocenters. The topological polar surface area (TPSA) is 37.3 Å². The zero-order chi connectivity index (χ0) is 10.1. The first-order valence-electron chi connectivity index (χ1n) is 4.53. The minimum atomic E-state index is -1.42. The predicted molar refractivity (Wildman–Crippen MR) is 48.0 cm³/mol. The third-order valence-corrected chi connectivity index (χ3v) is 2.71. The van der Waals surface area contributed by atoms with Crippen molar-refractivity contribution in [3.05, 3.63) is 11.4 Å². The van der Waals surface area contributed by atoms with Gasteiger partial charge < -0.3 is 5.11 Å². The molecule has 0 aromatic heterocycles. The normalized spacial score (nSPS) is 21.3. The SMILES string of the molecule is CC1(C)CCC(=C(F)C(=O)O)CC1. The number of halogens is 1. The molecular formula is C10H15FO2. The first kappa shape index (κ1) is 10.2. The molecule has 74 valence electrons. The van der Waals surface area contributed by atoms with Gasteiger partial charge in [0.05, 0.1) is 0 Å².